The number of anilines is 1. The van der Waals surface area contributed by atoms with Crippen LogP contribution in [0.1, 0.15) is 5.56 Å². The highest BCUT2D eigenvalue weighted by Crippen LogP contribution is 2.32. The largest absolute Gasteiger partial charge is 0.542 e. The van der Waals surface area contributed by atoms with Gasteiger partial charge in [-0.05, 0) is 29.8 Å². The third-order valence-corrected chi connectivity index (χ3v) is 5.13. The van der Waals surface area contributed by atoms with E-state index in [0.717, 1.165) is 33.8 Å². The summed E-state index contributed by atoms with van der Waals surface area (Å²) in [7, 11) is 0. The minimum atomic E-state index is -5.19. The molecule has 13 heteroatoms. The van der Waals surface area contributed by atoms with E-state index in [2.05, 4.69) is 20.3 Å². The maximum Gasteiger partial charge on any atom is 0.430 e. The number of carbonyl (C=O) groups excluding carboxylic acids is 2. The van der Waals surface area contributed by atoms with Crippen molar-refractivity contribution in [3.05, 3.63) is 52.9 Å². The highest BCUT2D eigenvalue weighted by molar-refractivity contribution is 7.07. The fraction of sp³-hybridized carbons (Fsp3) is 0.143. The Labute approximate surface area is 193 Å². The molecule has 1 amide bonds. The molecule has 9 nitrogen and oxygen atoms in total. The van der Waals surface area contributed by atoms with Crippen LogP contribution in [0.5, 0.6) is 11.5 Å². The number of halogens is 3. The second-order valence-corrected chi connectivity index (χ2v) is 7.68. The van der Waals surface area contributed by atoms with Crippen molar-refractivity contribution in [3.63, 3.8) is 0 Å². The molecule has 0 radical (unpaired) electrons. The number of hydrogen-bond acceptors (Lipinski definition) is 7. The van der Waals surface area contributed by atoms with Crippen LogP contribution in [0.15, 0.2) is 47.3 Å². The van der Waals surface area contributed by atoms with E-state index >= 15 is 0 Å². The molecule has 34 heavy (non-hydrogen) atoms. The first-order valence-electron chi connectivity index (χ1n) is 9.59. The summed E-state index contributed by atoms with van der Waals surface area (Å²) in [5, 5.41) is 13.7. The van der Waals surface area contributed by atoms with E-state index in [-0.39, 0.29) is 19.1 Å². The summed E-state index contributed by atoms with van der Waals surface area (Å²) >= 11 is 1.54. The third kappa shape index (κ3) is 5.43. The van der Waals surface area contributed by atoms with Gasteiger partial charge < -0.3 is 24.7 Å². The summed E-state index contributed by atoms with van der Waals surface area (Å²) < 4.78 is 42.2. The average Bonchev–Trinajstić information content (AvgIpc) is 3.52. The van der Waals surface area contributed by atoms with Crippen LogP contribution in [0.2, 0.25) is 0 Å². The van der Waals surface area contributed by atoms with Crippen LogP contribution < -0.4 is 24.9 Å². The Hall–Kier alpha value is -4.13. The lowest BCUT2D eigenvalue weighted by Gasteiger charge is -2.05. The number of fused-ring (bicyclic) bond motifs is 2. The Kier molecular flexibility index (Phi) is 6.36. The summed E-state index contributed by atoms with van der Waals surface area (Å²) in [6, 6.07) is 11.2. The Morgan fingerprint density at radius 3 is 2.65 bits per heavy atom. The number of hydrogen-bond donors (Lipinski definition) is 2. The van der Waals surface area contributed by atoms with Crippen LogP contribution in [0.4, 0.5) is 18.9 Å². The fourth-order valence-electron chi connectivity index (χ4n) is 3.04. The quantitative estimate of drug-likeness (QED) is 0.450. The zero-order valence-electron chi connectivity index (χ0n) is 17.1. The maximum atomic E-state index is 12.4. The van der Waals surface area contributed by atoms with E-state index in [1.807, 2.05) is 41.8 Å². The lowest BCUT2D eigenvalue weighted by atomic mass is 10.1. The Balaban J connectivity index is 0.000000344. The molecule has 2 aromatic heterocycles. The number of carbonyl (C=O) groups is 2. The molecule has 1 aliphatic heterocycles. The number of nitrogens with one attached hydrogen (secondary N) is 3. The molecule has 0 saturated carbocycles. The summed E-state index contributed by atoms with van der Waals surface area (Å²) in [5.74, 6) is -0.868. The van der Waals surface area contributed by atoms with Gasteiger partial charge in [-0.3, -0.25) is 4.79 Å². The number of aromatic nitrogens is 3. The molecule has 0 saturated heterocycles. The third-order valence-electron chi connectivity index (χ3n) is 4.54. The summed E-state index contributed by atoms with van der Waals surface area (Å²) in [6.07, 6.45) is -4.93. The number of carboxylic acids is 1. The topological polar surface area (TPSA) is 131 Å². The van der Waals surface area contributed by atoms with Gasteiger partial charge in [0.05, 0.1) is 11.9 Å². The van der Waals surface area contributed by atoms with Gasteiger partial charge in [0.1, 0.15) is 5.97 Å². The highest BCUT2D eigenvalue weighted by atomic mass is 32.1. The molecule has 2 aromatic carbocycles. The van der Waals surface area contributed by atoms with Crippen molar-refractivity contribution < 1.29 is 42.3 Å². The number of imidazole rings is 1. The van der Waals surface area contributed by atoms with Gasteiger partial charge in [0, 0.05) is 17.1 Å². The number of H-pyrrole nitrogens is 2. The number of benzene rings is 2. The van der Waals surface area contributed by atoms with E-state index < -0.39 is 12.1 Å². The molecule has 1 aliphatic rings. The van der Waals surface area contributed by atoms with E-state index in [9.17, 15) is 18.0 Å². The number of nitrogens with zero attached hydrogens (tertiary/aromatic N) is 1. The van der Waals surface area contributed by atoms with Gasteiger partial charge >= 0.3 is 12.0 Å². The summed E-state index contributed by atoms with van der Waals surface area (Å²) in [5.41, 5.74) is 6.11. The molecule has 4 aromatic rings. The van der Waals surface area contributed by atoms with Crippen LogP contribution in [0, 0.1) is 0 Å². The second-order valence-electron chi connectivity index (χ2n) is 6.96. The van der Waals surface area contributed by atoms with E-state index in [4.69, 9.17) is 19.4 Å². The Morgan fingerprint density at radius 1 is 1.18 bits per heavy atom. The Bertz CT molecular complexity index is 1340. The van der Waals surface area contributed by atoms with Crippen molar-refractivity contribution >= 4 is 39.9 Å². The lowest BCUT2D eigenvalue weighted by molar-refractivity contribution is -0.344. The van der Waals surface area contributed by atoms with Crippen LogP contribution in [0.25, 0.3) is 22.6 Å². The van der Waals surface area contributed by atoms with Gasteiger partial charge in [-0.1, -0.05) is 6.07 Å². The number of alkyl halides is 3. The van der Waals surface area contributed by atoms with Gasteiger partial charge in [0.15, 0.2) is 28.2 Å². The predicted octanol–water partition coefficient (Wildman–Crippen LogP) is 2.31. The number of aromatic amines is 2. The fourth-order valence-corrected chi connectivity index (χ4v) is 3.58. The van der Waals surface area contributed by atoms with E-state index in [0.29, 0.717) is 11.5 Å². The minimum absolute atomic E-state index is 0.0940. The predicted molar refractivity (Wildman–Crippen MR) is 112 cm³/mol. The van der Waals surface area contributed by atoms with E-state index in [1.54, 1.807) is 5.51 Å². The van der Waals surface area contributed by atoms with Gasteiger partial charge in [0.25, 0.3) is 0 Å². The van der Waals surface area contributed by atoms with Crippen molar-refractivity contribution in [3.8, 4) is 23.0 Å². The van der Waals surface area contributed by atoms with E-state index in [1.165, 1.54) is 11.3 Å². The number of rotatable bonds is 4. The van der Waals surface area contributed by atoms with Crippen molar-refractivity contribution in [2.45, 2.75) is 12.6 Å². The number of thiazole rings is 1. The van der Waals surface area contributed by atoms with Gasteiger partial charge in [-0.25, -0.2) is 15.0 Å². The Morgan fingerprint density at radius 2 is 1.94 bits per heavy atom. The van der Waals surface area contributed by atoms with Crippen molar-refractivity contribution in [1.29, 1.82) is 0 Å². The SMILES string of the molecule is O=C(Cc1ccc2c(c1)OCO2)Nc1ccc2[nH+]c(-c3cscn3)[nH]c2c1.O=C([O-])C(F)(F)F. The van der Waals surface area contributed by atoms with Gasteiger partial charge in [0.2, 0.25) is 12.7 Å². The number of aliphatic carboxylic acids is 1. The smallest absolute Gasteiger partial charge is 0.430 e. The molecule has 3 heterocycles. The molecule has 3 N–H and O–H groups in total. The maximum absolute atomic E-state index is 12.4. The monoisotopic (exact) mass is 492 g/mol. The number of carboxylic acid groups (broad SMARTS) is 1. The van der Waals surface area contributed by atoms with Crippen molar-refractivity contribution in [2.75, 3.05) is 12.1 Å². The minimum Gasteiger partial charge on any atom is -0.542 e. The molecule has 0 atom stereocenters. The molecule has 5 rings (SSSR count). The van der Waals surface area contributed by atoms with Crippen molar-refractivity contribution in [2.24, 2.45) is 0 Å². The standard InChI is InChI=1S/C19H14N4O3S.C2HF3O2/c24-18(6-11-1-4-16-17(5-11)26-10-25-16)21-12-2-3-13-14(7-12)23-19(22-13)15-8-27-9-20-15;3-2(4,5)1(6)7/h1-5,7-9H,6,10H2,(H,21,24)(H,22,23);(H,6,7). The average molecular weight is 492 g/mol. The molecule has 0 spiro atoms. The molecule has 0 fully saturated rings. The molecule has 176 valence electrons. The summed E-state index contributed by atoms with van der Waals surface area (Å²) in [4.78, 5) is 32.1. The number of ether oxygens (including phenoxy) is 2. The van der Waals surface area contributed by atoms with Crippen LogP contribution in [0.3, 0.4) is 0 Å². The van der Waals surface area contributed by atoms with Crippen LogP contribution in [-0.2, 0) is 16.0 Å². The normalized spacial score (nSPS) is 12.2. The molecule has 0 aliphatic carbocycles. The van der Waals surface area contributed by atoms with Crippen LogP contribution >= 0.6 is 11.3 Å². The first-order chi connectivity index (χ1) is 16.2. The molecular formula is C21H15F3N4O5S. The highest BCUT2D eigenvalue weighted by Gasteiger charge is 2.28. The summed E-state index contributed by atoms with van der Waals surface area (Å²) in [6.45, 7) is 0.223. The van der Waals surface area contributed by atoms with Gasteiger partial charge in [-0.15, -0.1) is 11.3 Å². The second kappa shape index (κ2) is 9.39. The lowest BCUT2D eigenvalue weighted by Crippen LogP contribution is -2.37. The molecular weight excluding hydrogens is 477 g/mol. The number of amides is 1. The molecule has 0 bridgehead atoms. The molecule has 0 unspecified atom stereocenters. The zero-order chi connectivity index (χ0) is 24.3. The van der Waals surface area contributed by atoms with Gasteiger partial charge in [-0.2, -0.15) is 13.2 Å². The van der Waals surface area contributed by atoms with Crippen molar-refractivity contribution in [1.82, 2.24) is 9.97 Å². The first kappa shape index (κ1) is 23.0. The van der Waals surface area contributed by atoms with Crippen LogP contribution in [-0.4, -0.2) is 34.8 Å². The zero-order valence-corrected chi connectivity index (χ0v) is 17.9. The first-order valence-corrected chi connectivity index (χ1v) is 10.5.